The lowest BCUT2D eigenvalue weighted by molar-refractivity contribution is 0.508. The lowest BCUT2D eigenvalue weighted by atomic mass is 10.1. The Labute approximate surface area is 80.5 Å². The molecule has 1 aliphatic rings. The summed E-state index contributed by atoms with van der Waals surface area (Å²) in [5.41, 5.74) is 6.28. The van der Waals surface area contributed by atoms with E-state index in [1.165, 1.54) is 25.0 Å². The molecule has 0 aromatic heterocycles. The highest BCUT2D eigenvalue weighted by molar-refractivity contribution is 8.00. The molecule has 1 fully saturated rings. The van der Waals surface area contributed by atoms with Crippen molar-refractivity contribution in [1.82, 2.24) is 0 Å². The van der Waals surface area contributed by atoms with E-state index in [0.29, 0.717) is 10.2 Å². The molecule has 0 spiro atoms. The van der Waals surface area contributed by atoms with Gasteiger partial charge < -0.3 is 5.73 Å². The molecule has 0 aliphatic heterocycles. The Morgan fingerprint density at radius 3 is 2.25 bits per heavy atom. The van der Waals surface area contributed by atoms with Crippen molar-refractivity contribution in [2.45, 2.75) is 44.8 Å². The lowest BCUT2D eigenvalue weighted by Crippen LogP contribution is -2.17. The highest BCUT2D eigenvalue weighted by Crippen LogP contribution is 2.48. The molecule has 0 heterocycles. The fourth-order valence-electron chi connectivity index (χ4n) is 1.31. The Kier molecular flexibility index (Phi) is 3.11. The second kappa shape index (κ2) is 3.59. The zero-order valence-corrected chi connectivity index (χ0v) is 9.34. The van der Waals surface area contributed by atoms with E-state index < -0.39 is 0 Å². The maximum absolute atomic E-state index is 5.71. The van der Waals surface area contributed by atoms with Gasteiger partial charge in [-0.2, -0.15) is 11.8 Å². The number of nitrogens with two attached hydrogens (primary N) is 1. The third-order valence-electron chi connectivity index (χ3n) is 2.56. The quantitative estimate of drug-likeness (QED) is 0.732. The Hall–Kier alpha value is 0.310. The van der Waals surface area contributed by atoms with Gasteiger partial charge in [-0.25, -0.2) is 0 Å². The van der Waals surface area contributed by atoms with E-state index in [-0.39, 0.29) is 0 Å². The third kappa shape index (κ3) is 3.36. The fraction of sp³-hybridized carbons (Fsp3) is 1.00. The second-order valence-electron chi connectivity index (χ2n) is 4.91. The van der Waals surface area contributed by atoms with Gasteiger partial charge in [0.15, 0.2) is 0 Å². The Balaban J connectivity index is 2.10. The topological polar surface area (TPSA) is 26.0 Å². The van der Waals surface area contributed by atoms with E-state index in [9.17, 15) is 0 Å². The molecule has 72 valence electrons. The molecule has 0 aromatic rings. The van der Waals surface area contributed by atoms with Crippen LogP contribution in [0.2, 0.25) is 0 Å². The maximum Gasteiger partial charge on any atom is 0.00750 e. The van der Waals surface area contributed by atoms with Crippen LogP contribution in [0.15, 0.2) is 0 Å². The van der Waals surface area contributed by atoms with Crippen molar-refractivity contribution >= 4 is 11.8 Å². The summed E-state index contributed by atoms with van der Waals surface area (Å²) >= 11 is 2.06. The first-order chi connectivity index (χ1) is 5.47. The molecule has 12 heavy (non-hydrogen) atoms. The molecule has 0 atom stereocenters. The van der Waals surface area contributed by atoms with Crippen LogP contribution >= 0.6 is 11.8 Å². The Bertz CT molecular complexity index is 144. The monoisotopic (exact) mass is 187 g/mol. The van der Waals surface area contributed by atoms with Crippen molar-refractivity contribution in [3.63, 3.8) is 0 Å². The van der Waals surface area contributed by atoms with Gasteiger partial charge in [-0.3, -0.25) is 0 Å². The van der Waals surface area contributed by atoms with Crippen LogP contribution in [0.1, 0.15) is 40.0 Å². The van der Waals surface area contributed by atoms with Crippen molar-refractivity contribution in [3.8, 4) is 0 Å². The van der Waals surface area contributed by atoms with Crippen LogP contribution in [-0.2, 0) is 0 Å². The second-order valence-corrected chi connectivity index (χ2v) is 6.84. The minimum absolute atomic E-state index is 0.421. The van der Waals surface area contributed by atoms with Gasteiger partial charge in [-0.15, -0.1) is 0 Å². The Morgan fingerprint density at radius 2 is 1.92 bits per heavy atom. The summed E-state index contributed by atoms with van der Waals surface area (Å²) in [6, 6.07) is 0. The molecule has 0 radical (unpaired) electrons. The predicted molar refractivity (Wildman–Crippen MR) is 57.5 cm³/mol. The van der Waals surface area contributed by atoms with Crippen LogP contribution < -0.4 is 5.73 Å². The first-order valence-corrected chi connectivity index (χ1v) is 5.80. The van der Waals surface area contributed by atoms with E-state index >= 15 is 0 Å². The van der Waals surface area contributed by atoms with Gasteiger partial charge in [0.2, 0.25) is 0 Å². The summed E-state index contributed by atoms with van der Waals surface area (Å²) < 4.78 is 0.421. The minimum Gasteiger partial charge on any atom is -0.330 e. The highest BCUT2D eigenvalue weighted by Gasteiger charge is 2.40. The van der Waals surface area contributed by atoms with Crippen molar-refractivity contribution < 1.29 is 0 Å². The van der Waals surface area contributed by atoms with Gasteiger partial charge in [0, 0.05) is 4.75 Å². The van der Waals surface area contributed by atoms with Gasteiger partial charge in [0.1, 0.15) is 0 Å². The van der Waals surface area contributed by atoms with Crippen molar-refractivity contribution in [3.05, 3.63) is 0 Å². The molecule has 0 aromatic carbocycles. The van der Waals surface area contributed by atoms with Crippen molar-refractivity contribution in [1.29, 1.82) is 0 Å². The lowest BCUT2D eigenvalue weighted by Gasteiger charge is -2.19. The van der Waals surface area contributed by atoms with E-state index in [1.807, 2.05) is 0 Å². The molecular formula is C10H21NS. The summed E-state index contributed by atoms with van der Waals surface area (Å²) in [6.45, 7) is 7.73. The van der Waals surface area contributed by atoms with Gasteiger partial charge in [0.25, 0.3) is 0 Å². The number of hydrogen-bond acceptors (Lipinski definition) is 2. The summed E-state index contributed by atoms with van der Waals surface area (Å²) in [6.07, 6.45) is 4.06. The number of hydrogen-bond donors (Lipinski definition) is 1. The molecule has 1 nitrogen and oxygen atoms in total. The normalized spacial score (nSPS) is 21.0. The summed E-state index contributed by atoms with van der Waals surface area (Å²) in [5, 5.41) is 0. The number of rotatable bonds is 4. The van der Waals surface area contributed by atoms with Crippen LogP contribution in [-0.4, -0.2) is 17.0 Å². The minimum atomic E-state index is 0.421. The summed E-state index contributed by atoms with van der Waals surface area (Å²) in [7, 11) is 0. The zero-order valence-electron chi connectivity index (χ0n) is 8.52. The van der Waals surface area contributed by atoms with E-state index in [2.05, 4.69) is 32.5 Å². The van der Waals surface area contributed by atoms with Gasteiger partial charge in [0.05, 0.1) is 0 Å². The van der Waals surface area contributed by atoms with Crippen LogP contribution in [0.3, 0.4) is 0 Å². The zero-order chi connectivity index (χ0) is 9.24. The molecule has 0 saturated heterocycles. The van der Waals surface area contributed by atoms with Crippen molar-refractivity contribution in [2.24, 2.45) is 11.1 Å². The van der Waals surface area contributed by atoms with Crippen LogP contribution in [0.4, 0.5) is 0 Å². The molecule has 0 bridgehead atoms. The molecule has 2 N–H and O–H groups in total. The smallest absolute Gasteiger partial charge is 0.00750 e. The van der Waals surface area contributed by atoms with Crippen LogP contribution in [0, 0.1) is 5.41 Å². The van der Waals surface area contributed by atoms with Gasteiger partial charge in [-0.1, -0.05) is 20.8 Å². The first-order valence-electron chi connectivity index (χ1n) is 4.82. The molecule has 2 heteroatoms. The SMILES string of the molecule is CC(C)(C)SCCC1(CN)CC1. The molecular weight excluding hydrogens is 166 g/mol. The fourth-order valence-corrected chi connectivity index (χ4v) is 2.45. The number of thioether (sulfide) groups is 1. The largest absolute Gasteiger partial charge is 0.330 e. The van der Waals surface area contributed by atoms with Crippen molar-refractivity contribution in [2.75, 3.05) is 12.3 Å². The molecule has 1 saturated carbocycles. The van der Waals surface area contributed by atoms with Gasteiger partial charge in [-0.05, 0) is 37.0 Å². The molecule has 1 rings (SSSR count). The highest BCUT2D eigenvalue weighted by atomic mass is 32.2. The molecule has 1 aliphatic carbocycles. The standard InChI is InChI=1S/C10H21NS/c1-9(2,3)12-7-6-10(8-11)4-5-10/h4-8,11H2,1-3H3. The van der Waals surface area contributed by atoms with Crippen LogP contribution in [0.25, 0.3) is 0 Å². The van der Waals surface area contributed by atoms with E-state index in [4.69, 9.17) is 5.73 Å². The van der Waals surface area contributed by atoms with E-state index in [1.54, 1.807) is 0 Å². The summed E-state index contributed by atoms with van der Waals surface area (Å²) in [4.78, 5) is 0. The summed E-state index contributed by atoms with van der Waals surface area (Å²) in [5.74, 6) is 1.28. The average Bonchev–Trinajstić information content (AvgIpc) is 2.67. The molecule has 0 amide bonds. The first kappa shape index (κ1) is 10.4. The predicted octanol–water partition coefficient (Wildman–Crippen LogP) is 2.65. The Morgan fingerprint density at radius 1 is 1.33 bits per heavy atom. The average molecular weight is 187 g/mol. The third-order valence-corrected chi connectivity index (χ3v) is 3.83. The van der Waals surface area contributed by atoms with Gasteiger partial charge >= 0.3 is 0 Å². The van der Waals surface area contributed by atoms with Crippen LogP contribution in [0.5, 0.6) is 0 Å². The maximum atomic E-state index is 5.71. The van der Waals surface area contributed by atoms with E-state index in [0.717, 1.165) is 6.54 Å². The molecule has 0 unspecified atom stereocenters.